The number of hydrogen-bond acceptors (Lipinski definition) is 8. The molecule has 2 aromatic rings. The van der Waals surface area contributed by atoms with Crippen LogP contribution in [0.5, 0.6) is 11.5 Å². The molecule has 8 nitrogen and oxygen atoms in total. The Kier molecular flexibility index (Phi) is 27.4. The van der Waals surface area contributed by atoms with Crippen molar-refractivity contribution in [2.75, 3.05) is 52.9 Å². The highest BCUT2D eigenvalue weighted by atomic mass is 16.6. The lowest BCUT2D eigenvalue weighted by Crippen LogP contribution is -2.17. The van der Waals surface area contributed by atoms with Crippen molar-refractivity contribution in [3.05, 3.63) is 57.6 Å². The summed E-state index contributed by atoms with van der Waals surface area (Å²) < 4.78 is 29.5. The molecular weight excluding hydrogens is 777 g/mol. The third-order valence-corrected chi connectivity index (χ3v) is 10.2. The van der Waals surface area contributed by atoms with E-state index in [2.05, 4.69) is 63.2 Å². The summed E-state index contributed by atoms with van der Waals surface area (Å²) in [6, 6.07) is 7.16. The van der Waals surface area contributed by atoms with Crippen LogP contribution in [0, 0.1) is 40.9 Å². The third kappa shape index (κ3) is 22.2. The minimum absolute atomic E-state index is 0.00167. The van der Waals surface area contributed by atoms with Crippen molar-refractivity contribution < 1.29 is 38.4 Å². The van der Waals surface area contributed by atoms with E-state index in [1.165, 1.54) is 77.0 Å². The zero-order valence-electron chi connectivity index (χ0n) is 39.7. The van der Waals surface area contributed by atoms with Gasteiger partial charge in [-0.1, -0.05) is 133 Å². The summed E-state index contributed by atoms with van der Waals surface area (Å²) in [7, 11) is 0. The van der Waals surface area contributed by atoms with E-state index in [9.17, 15) is 9.59 Å². The number of aliphatic hydroxyl groups excluding tert-OH is 1. The number of aldehydes is 1. The van der Waals surface area contributed by atoms with E-state index in [4.69, 9.17) is 28.8 Å². The maximum absolute atomic E-state index is 13.7. The zero-order valence-corrected chi connectivity index (χ0v) is 39.7. The fourth-order valence-electron chi connectivity index (χ4n) is 6.74. The Hall–Kier alpha value is -4.26. The molecule has 342 valence electrons. The lowest BCUT2D eigenvalue weighted by Gasteiger charge is -2.24. The van der Waals surface area contributed by atoms with Gasteiger partial charge in [0.2, 0.25) is 0 Å². The van der Waals surface area contributed by atoms with Crippen LogP contribution in [0.4, 0.5) is 0 Å². The van der Waals surface area contributed by atoms with Crippen molar-refractivity contribution >= 4 is 12.3 Å². The average Bonchev–Trinajstić information content (AvgIpc) is 3.24. The van der Waals surface area contributed by atoms with Crippen LogP contribution in [-0.2, 0) is 19.6 Å². The van der Waals surface area contributed by atoms with E-state index >= 15 is 0 Å². The lowest BCUT2D eigenvalue weighted by molar-refractivity contribution is 0.00918. The van der Waals surface area contributed by atoms with Gasteiger partial charge in [0, 0.05) is 27.7 Å². The SMILES string of the molecule is CC#CC(C)(C)c1cc(OCCCCCCCCCC)c(C#Cc2cc(C=O)c(C#CC(C)(C)C)cc2C(=O)OCCOCCOCCO)cc1OCCCCCCCCCC. The van der Waals surface area contributed by atoms with Gasteiger partial charge in [-0.2, -0.15) is 0 Å². The fraction of sp³-hybridized carbons (Fsp3) is 0.630. The Morgan fingerprint density at radius 3 is 1.68 bits per heavy atom. The van der Waals surface area contributed by atoms with Crippen LogP contribution in [0.1, 0.15) is 201 Å². The van der Waals surface area contributed by atoms with Crippen molar-refractivity contribution in [2.24, 2.45) is 5.41 Å². The van der Waals surface area contributed by atoms with Crippen molar-refractivity contribution in [1.29, 1.82) is 0 Å². The van der Waals surface area contributed by atoms with E-state index in [0.717, 1.165) is 37.5 Å². The van der Waals surface area contributed by atoms with Gasteiger partial charge in [-0.05, 0) is 78.6 Å². The Balaban J connectivity index is 2.58. The molecule has 0 unspecified atom stereocenters. The summed E-state index contributed by atoms with van der Waals surface area (Å²) in [4.78, 5) is 26.2. The highest BCUT2D eigenvalue weighted by molar-refractivity contribution is 5.95. The summed E-state index contributed by atoms with van der Waals surface area (Å²) in [5, 5.41) is 8.90. The van der Waals surface area contributed by atoms with Crippen LogP contribution in [0.25, 0.3) is 0 Å². The first-order valence-electron chi connectivity index (χ1n) is 23.4. The molecule has 0 aliphatic rings. The van der Waals surface area contributed by atoms with Crippen LogP contribution >= 0.6 is 0 Å². The standard InChI is InChI=1S/C54H78O8/c1-9-12-14-16-18-20-22-24-32-60-50-42-49(54(7,8)29-11-3)51(61-33-25-23-21-19-17-15-13-10-2)41-46(50)27-26-45-39-47(43-56)44(28-30-53(4,5)6)40-48(45)52(57)62-38-37-59-36-35-58-34-31-55/h39-43,55H,9-10,12-25,31-38H2,1-8H3. The smallest absolute Gasteiger partial charge is 0.339 e. The molecule has 0 radical (unpaired) electrons. The highest BCUT2D eigenvalue weighted by Gasteiger charge is 2.25. The van der Waals surface area contributed by atoms with Gasteiger partial charge in [0.1, 0.15) is 18.1 Å². The number of hydrogen-bond donors (Lipinski definition) is 1. The number of rotatable bonds is 31. The molecule has 0 bridgehead atoms. The average molecular weight is 855 g/mol. The van der Waals surface area contributed by atoms with Gasteiger partial charge >= 0.3 is 5.97 Å². The maximum atomic E-state index is 13.7. The van der Waals surface area contributed by atoms with Crippen molar-refractivity contribution in [2.45, 2.75) is 164 Å². The largest absolute Gasteiger partial charge is 0.493 e. The van der Waals surface area contributed by atoms with Gasteiger partial charge in [-0.15, -0.1) is 5.92 Å². The lowest BCUT2D eigenvalue weighted by atomic mass is 9.83. The van der Waals surface area contributed by atoms with E-state index in [1.807, 2.05) is 39.8 Å². The molecule has 0 aromatic heterocycles. The minimum atomic E-state index is -0.610. The van der Waals surface area contributed by atoms with E-state index in [0.29, 0.717) is 60.2 Å². The van der Waals surface area contributed by atoms with Crippen molar-refractivity contribution in [3.8, 4) is 47.0 Å². The second kappa shape index (κ2) is 31.6. The molecular formula is C54H78O8. The second-order valence-corrected chi connectivity index (χ2v) is 17.4. The molecule has 0 fully saturated rings. The number of aliphatic hydroxyl groups is 1. The number of ether oxygens (including phenoxy) is 5. The molecule has 0 aliphatic heterocycles. The molecule has 2 aromatic carbocycles. The molecule has 0 aliphatic carbocycles. The Bertz CT molecular complexity index is 1800. The first-order chi connectivity index (χ1) is 29.9. The number of benzene rings is 2. The molecule has 0 amide bonds. The Morgan fingerprint density at radius 1 is 0.597 bits per heavy atom. The molecule has 2 rings (SSSR count). The van der Waals surface area contributed by atoms with Gasteiger partial charge in [0.15, 0.2) is 6.29 Å². The first-order valence-corrected chi connectivity index (χ1v) is 23.4. The number of carbonyl (C=O) groups is 2. The maximum Gasteiger partial charge on any atom is 0.339 e. The second-order valence-electron chi connectivity index (χ2n) is 17.4. The number of carbonyl (C=O) groups excluding carboxylic acids is 2. The van der Waals surface area contributed by atoms with E-state index in [-0.39, 0.29) is 37.4 Å². The van der Waals surface area contributed by atoms with Gasteiger partial charge in [0.05, 0.1) is 62.8 Å². The minimum Gasteiger partial charge on any atom is -0.493 e. The molecule has 0 atom stereocenters. The number of esters is 1. The van der Waals surface area contributed by atoms with Crippen molar-refractivity contribution in [1.82, 2.24) is 0 Å². The van der Waals surface area contributed by atoms with Crippen LogP contribution in [-0.4, -0.2) is 70.2 Å². The van der Waals surface area contributed by atoms with Gasteiger partial charge in [0.25, 0.3) is 0 Å². The fourth-order valence-corrected chi connectivity index (χ4v) is 6.74. The van der Waals surface area contributed by atoms with E-state index in [1.54, 1.807) is 12.1 Å². The third-order valence-electron chi connectivity index (χ3n) is 10.2. The Morgan fingerprint density at radius 2 is 1.13 bits per heavy atom. The zero-order chi connectivity index (χ0) is 45.5. The van der Waals surface area contributed by atoms with Gasteiger partial charge in [-0.25, -0.2) is 4.79 Å². The van der Waals surface area contributed by atoms with Crippen LogP contribution < -0.4 is 9.47 Å². The molecule has 62 heavy (non-hydrogen) atoms. The quantitative estimate of drug-likeness (QED) is 0.0346. The van der Waals surface area contributed by atoms with Gasteiger partial charge < -0.3 is 28.8 Å². The van der Waals surface area contributed by atoms with Crippen molar-refractivity contribution in [3.63, 3.8) is 0 Å². The topological polar surface area (TPSA) is 101 Å². The van der Waals surface area contributed by atoms with Crippen LogP contribution in [0.3, 0.4) is 0 Å². The summed E-state index contributed by atoms with van der Waals surface area (Å²) in [6.45, 7) is 18.5. The molecule has 0 saturated heterocycles. The highest BCUT2D eigenvalue weighted by Crippen LogP contribution is 2.37. The Labute approximate surface area is 375 Å². The monoisotopic (exact) mass is 855 g/mol. The molecule has 0 spiro atoms. The van der Waals surface area contributed by atoms with E-state index < -0.39 is 11.4 Å². The summed E-state index contributed by atoms with van der Waals surface area (Å²) >= 11 is 0. The summed E-state index contributed by atoms with van der Waals surface area (Å²) in [5.74, 6) is 20.0. The van der Waals surface area contributed by atoms with Gasteiger partial charge in [-0.3, -0.25) is 4.79 Å². The van der Waals surface area contributed by atoms with Crippen LogP contribution in [0.2, 0.25) is 0 Å². The van der Waals surface area contributed by atoms with Crippen LogP contribution in [0.15, 0.2) is 24.3 Å². The predicted molar refractivity (Wildman–Crippen MR) is 252 cm³/mol. The molecule has 1 N–H and O–H groups in total. The number of unbranched alkanes of at least 4 members (excludes halogenated alkanes) is 14. The summed E-state index contributed by atoms with van der Waals surface area (Å²) in [6.07, 6.45) is 19.8. The first kappa shape index (κ1) is 53.9. The predicted octanol–water partition coefficient (Wildman–Crippen LogP) is 11.8. The molecule has 0 heterocycles. The molecule has 8 heteroatoms. The molecule has 0 saturated carbocycles. The normalized spacial score (nSPS) is 11.1. The summed E-state index contributed by atoms with van der Waals surface area (Å²) in [5.41, 5.74) is 1.94.